The second-order valence-electron chi connectivity index (χ2n) is 6.29. The van der Waals surface area contributed by atoms with Crippen molar-refractivity contribution in [1.82, 2.24) is 5.32 Å². The summed E-state index contributed by atoms with van der Waals surface area (Å²) in [5.74, 6) is -0.751. The number of halogens is 1. The summed E-state index contributed by atoms with van der Waals surface area (Å²) in [5, 5.41) is 5.56. The number of carbonyl (C=O) groups excluding carboxylic acids is 2. The average molecular weight is 357 g/mol. The predicted molar refractivity (Wildman–Crippen MR) is 100 cm³/mol. The maximum atomic E-state index is 12.9. The molecular weight excluding hydrogens is 333 g/mol. The van der Waals surface area contributed by atoms with Crippen LogP contribution in [0.3, 0.4) is 0 Å². The fraction of sp³-hybridized carbons (Fsp3) is 0.300. The molecule has 138 valence electrons. The molecule has 0 saturated carbocycles. The molecule has 0 aromatic heterocycles. The minimum Gasteiger partial charge on any atom is -0.351 e. The van der Waals surface area contributed by atoms with Gasteiger partial charge in [-0.2, -0.15) is 0 Å². The van der Waals surface area contributed by atoms with Crippen LogP contribution in [0.15, 0.2) is 48.5 Å². The Labute approximate surface area is 152 Å². The van der Waals surface area contributed by atoms with Crippen molar-refractivity contribution < 1.29 is 14.0 Å². The molecule has 2 amide bonds. The Hall–Kier alpha value is -2.73. The van der Waals surface area contributed by atoms with E-state index in [0.717, 1.165) is 12.0 Å². The highest BCUT2D eigenvalue weighted by Gasteiger charge is 2.18. The molecule has 2 aromatic carbocycles. The number of anilines is 1. The van der Waals surface area contributed by atoms with E-state index in [-0.39, 0.29) is 23.5 Å². The number of carbonyl (C=O) groups is 2. The van der Waals surface area contributed by atoms with Crippen LogP contribution in [0.2, 0.25) is 0 Å². The van der Waals surface area contributed by atoms with Gasteiger partial charge in [0.2, 0.25) is 5.91 Å². The second-order valence-corrected chi connectivity index (χ2v) is 6.29. The van der Waals surface area contributed by atoms with Gasteiger partial charge in [-0.15, -0.1) is 0 Å². The Bertz CT molecular complexity index is 745. The molecule has 2 unspecified atom stereocenters. The lowest BCUT2D eigenvalue weighted by Crippen LogP contribution is -2.44. The van der Waals surface area contributed by atoms with Crippen molar-refractivity contribution in [3.63, 3.8) is 0 Å². The lowest BCUT2D eigenvalue weighted by molar-refractivity contribution is -0.123. The smallest absolute Gasteiger partial charge is 0.255 e. The van der Waals surface area contributed by atoms with Gasteiger partial charge in [-0.25, -0.2) is 4.39 Å². The van der Waals surface area contributed by atoms with Crippen LogP contribution in [-0.4, -0.2) is 17.9 Å². The number of benzene rings is 2. The number of hydrogen-bond acceptors (Lipinski definition) is 3. The summed E-state index contributed by atoms with van der Waals surface area (Å²) in [7, 11) is 0. The summed E-state index contributed by atoms with van der Waals surface area (Å²) in [6.07, 6.45) is 0.844. The molecule has 0 bridgehead atoms. The third kappa shape index (κ3) is 5.39. The van der Waals surface area contributed by atoms with Gasteiger partial charge >= 0.3 is 0 Å². The van der Waals surface area contributed by atoms with Gasteiger partial charge in [0.05, 0.1) is 6.04 Å². The van der Waals surface area contributed by atoms with Gasteiger partial charge in [0.1, 0.15) is 5.82 Å². The van der Waals surface area contributed by atoms with Crippen molar-refractivity contribution in [2.75, 3.05) is 5.32 Å². The molecule has 2 rings (SSSR count). The van der Waals surface area contributed by atoms with Gasteiger partial charge in [0, 0.05) is 17.8 Å². The highest BCUT2D eigenvalue weighted by atomic mass is 19.1. The summed E-state index contributed by atoms with van der Waals surface area (Å²) in [6.45, 7) is 4.31. The van der Waals surface area contributed by atoms with Gasteiger partial charge in [-0.05, 0) is 47.9 Å². The zero-order valence-corrected chi connectivity index (χ0v) is 15.0. The third-order valence-corrected chi connectivity index (χ3v) is 4.34. The zero-order valence-electron chi connectivity index (χ0n) is 15.0. The van der Waals surface area contributed by atoms with Crippen LogP contribution in [0.5, 0.6) is 0 Å². The number of nitrogens with two attached hydrogens (primary N) is 1. The van der Waals surface area contributed by atoms with E-state index < -0.39 is 6.04 Å². The highest BCUT2D eigenvalue weighted by Crippen LogP contribution is 2.12. The van der Waals surface area contributed by atoms with Crippen molar-refractivity contribution in [3.05, 3.63) is 65.5 Å². The number of nitrogens with one attached hydrogen (secondary N) is 2. The second kappa shape index (κ2) is 9.10. The molecular formula is C20H24FN3O2. The van der Waals surface area contributed by atoms with Crippen molar-refractivity contribution in [1.29, 1.82) is 0 Å². The van der Waals surface area contributed by atoms with Crippen LogP contribution in [0.25, 0.3) is 0 Å². The molecule has 2 atom stereocenters. The highest BCUT2D eigenvalue weighted by molar-refractivity contribution is 6.04. The van der Waals surface area contributed by atoms with E-state index in [1.54, 1.807) is 12.1 Å². The van der Waals surface area contributed by atoms with Crippen LogP contribution >= 0.6 is 0 Å². The minimum absolute atomic E-state index is 0.124. The molecule has 5 nitrogen and oxygen atoms in total. The Morgan fingerprint density at radius 3 is 2.27 bits per heavy atom. The van der Waals surface area contributed by atoms with Crippen molar-refractivity contribution in [3.8, 4) is 0 Å². The number of rotatable bonds is 7. The Balaban J connectivity index is 1.89. The van der Waals surface area contributed by atoms with Crippen molar-refractivity contribution in [2.24, 2.45) is 11.7 Å². The first-order valence-corrected chi connectivity index (χ1v) is 8.60. The predicted octanol–water partition coefficient (Wildman–Crippen LogP) is 3.07. The van der Waals surface area contributed by atoms with Gasteiger partial charge in [-0.3, -0.25) is 9.59 Å². The molecule has 0 fully saturated rings. The van der Waals surface area contributed by atoms with Crippen LogP contribution in [0, 0.1) is 11.7 Å². The van der Waals surface area contributed by atoms with Crippen molar-refractivity contribution in [2.45, 2.75) is 32.9 Å². The molecule has 0 radical (unpaired) electrons. The molecule has 0 aliphatic heterocycles. The lowest BCUT2D eigenvalue weighted by Gasteiger charge is -2.17. The monoisotopic (exact) mass is 357 g/mol. The number of amides is 2. The fourth-order valence-electron chi connectivity index (χ4n) is 2.33. The summed E-state index contributed by atoms with van der Waals surface area (Å²) >= 11 is 0. The van der Waals surface area contributed by atoms with E-state index in [9.17, 15) is 14.0 Å². The Kier molecular flexibility index (Phi) is 6.86. The van der Waals surface area contributed by atoms with Gasteiger partial charge in [0.15, 0.2) is 0 Å². The molecule has 0 saturated heterocycles. The zero-order chi connectivity index (χ0) is 19.1. The summed E-state index contributed by atoms with van der Waals surface area (Å²) in [4.78, 5) is 24.1. The van der Waals surface area contributed by atoms with Crippen LogP contribution < -0.4 is 16.4 Å². The molecule has 0 aliphatic rings. The van der Waals surface area contributed by atoms with E-state index in [0.29, 0.717) is 17.8 Å². The molecule has 6 heteroatoms. The van der Waals surface area contributed by atoms with Gasteiger partial charge in [0.25, 0.3) is 5.91 Å². The molecule has 0 aliphatic carbocycles. The first-order chi connectivity index (χ1) is 12.4. The van der Waals surface area contributed by atoms with Crippen LogP contribution in [0.4, 0.5) is 10.1 Å². The Morgan fingerprint density at radius 2 is 1.69 bits per heavy atom. The largest absolute Gasteiger partial charge is 0.351 e. The van der Waals surface area contributed by atoms with Gasteiger partial charge < -0.3 is 16.4 Å². The normalized spacial score (nSPS) is 12.9. The molecule has 0 spiro atoms. The minimum atomic E-state index is -0.519. The first-order valence-electron chi connectivity index (χ1n) is 8.60. The summed E-state index contributed by atoms with van der Waals surface area (Å²) in [6, 6.07) is 11.9. The van der Waals surface area contributed by atoms with Gasteiger partial charge in [-0.1, -0.05) is 32.4 Å². The molecule has 2 aromatic rings. The summed E-state index contributed by atoms with van der Waals surface area (Å²) < 4.78 is 12.9. The van der Waals surface area contributed by atoms with Crippen LogP contribution in [0.1, 0.15) is 36.2 Å². The fourth-order valence-corrected chi connectivity index (χ4v) is 2.33. The van der Waals surface area contributed by atoms with Crippen molar-refractivity contribution >= 4 is 17.5 Å². The first kappa shape index (κ1) is 19.6. The quantitative estimate of drug-likeness (QED) is 0.712. The topological polar surface area (TPSA) is 84.2 Å². The maximum Gasteiger partial charge on any atom is 0.255 e. The SMILES string of the molecule is CCC(C)C(N)C(=O)NCc1ccc(NC(=O)c2ccc(F)cc2)cc1. The van der Waals surface area contributed by atoms with E-state index in [1.807, 2.05) is 26.0 Å². The third-order valence-electron chi connectivity index (χ3n) is 4.34. The van der Waals surface area contributed by atoms with Crippen LogP contribution in [-0.2, 0) is 11.3 Å². The average Bonchev–Trinajstić information content (AvgIpc) is 2.66. The molecule has 4 N–H and O–H groups in total. The van der Waals surface area contributed by atoms with E-state index in [2.05, 4.69) is 10.6 Å². The molecule has 26 heavy (non-hydrogen) atoms. The number of hydrogen-bond donors (Lipinski definition) is 3. The maximum absolute atomic E-state index is 12.9. The lowest BCUT2D eigenvalue weighted by atomic mass is 9.99. The summed E-state index contributed by atoms with van der Waals surface area (Å²) in [5.41, 5.74) is 7.79. The van der Waals surface area contributed by atoms with E-state index in [4.69, 9.17) is 5.73 Å². The Morgan fingerprint density at radius 1 is 1.08 bits per heavy atom. The standard InChI is InChI=1S/C20H24FN3O2/c1-3-13(2)18(22)20(26)23-12-14-4-10-17(11-5-14)24-19(25)15-6-8-16(21)9-7-15/h4-11,13,18H,3,12,22H2,1-2H3,(H,23,26)(H,24,25). The van der Waals surface area contributed by atoms with E-state index in [1.165, 1.54) is 24.3 Å². The van der Waals surface area contributed by atoms with E-state index >= 15 is 0 Å². The molecule has 0 heterocycles.